The predicted molar refractivity (Wildman–Crippen MR) is 223 cm³/mol. The lowest BCUT2D eigenvalue weighted by Crippen LogP contribution is -1.91. The van der Waals surface area contributed by atoms with Gasteiger partial charge in [-0.15, -0.1) is 11.3 Å². The maximum atomic E-state index is 5.31. The molecule has 8 aromatic carbocycles. The molecule has 0 bridgehead atoms. The van der Waals surface area contributed by atoms with E-state index >= 15 is 0 Å². The zero-order chi connectivity index (χ0) is 33.9. The van der Waals surface area contributed by atoms with E-state index in [1.54, 1.807) is 0 Å². The second kappa shape index (κ2) is 10.5. The van der Waals surface area contributed by atoms with Gasteiger partial charge in [-0.2, -0.15) is 0 Å². The molecule has 12 aromatic rings. The van der Waals surface area contributed by atoms with Gasteiger partial charge >= 0.3 is 0 Å². The van der Waals surface area contributed by atoms with Gasteiger partial charge in [0, 0.05) is 63.4 Å². The summed E-state index contributed by atoms with van der Waals surface area (Å²) in [5.41, 5.74) is 11.9. The average Bonchev–Trinajstić information content (AvgIpc) is 3.87. The minimum atomic E-state index is 1.01. The quantitative estimate of drug-likeness (QED) is 0.170. The van der Waals surface area contributed by atoms with Crippen LogP contribution >= 0.6 is 11.3 Å². The van der Waals surface area contributed by atoms with Crippen molar-refractivity contribution in [2.24, 2.45) is 0 Å². The summed E-state index contributed by atoms with van der Waals surface area (Å²) in [5, 5.41) is 11.5. The molecule has 0 spiro atoms. The van der Waals surface area contributed by atoms with Crippen LogP contribution in [0.15, 0.2) is 170 Å². The van der Waals surface area contributed by atoms with Gasteiger partial charge in [-0.1, -0.05) is 121 Å². The van der Waals surface area contributed by atoms with Gasteiger partial charge in [0.05, 0.1) is 27.8 Å². The Morgan fingerprint density at radius 1 is 0.365 bits per heavy atom. The van der Waals surface area contributed by atoms with Crippen LogP contribution < -0.4 is 0 Å². The number of aromatic nitrogens is 2. The molecule has 0 unspecified atom stereocenters. The van der Waals surface area contributed by atoms with Gasteiger partial charge in [-0.05, 0) is 70.8 Å². The molecule has 0 amide bonds. The van der Waals surface area contributed by atoms with Gasteiger partial charge in [-0.3, -0.25) is 0 Å². The molecule has 4 heterocycles. The maximum absolute atomic E-state index is 5.31. The fraction of sp³-hybridized carbons (Fsp3) is 0. The van der Waals surface area contributed by atoms with E-state index in [2.05, 4.69) is 174 Å². The first-order valence-electron chi connectivity index (χ1n) is 17.8. The third-order valence-corrected chi connectivity index (χ3v) is 12.2. The van der Waals surface area contributed by atoms with E-state index in [0.29, 0.717) is 0 Å². The first kappa shape index (κ1) is 28.2. The molecule has 52 heavy (non-hydrogen) atoms. The van der Waals surface area contributed by atoms with Gasteiger partial charge in [0.1, 0.15) is 0 Å². The van der Waals surface area contributed by atoms with Crippen LogP contribution in [0.5, 0.6) is 0 Å². The number of benzene rings is 8. The van der Waals surface area contributed by atoms with E-state index in [1.165, 1.54) is 96.7 Å². The van der Waals surface area contributed by atoms with Gasteiger partial charge in [0.2, 0.25) is 0 Å². The molecule has 0 radical (unpaired) electrons. The van der Waals surface area contributed by atoms with E-state index in [9.17, 15) is 0 Å². The molecular formula is C49H28N2S. The topological polar surface area (TPSA) is 17.3 Å². The van der Waals surface area contributed by atoms with Crippen molar-refractivity contribution < 1.29 is 0 Å². The molecule has 0 fully saturated rings. The summed E-state index contributed by atoms with van der Waals surface area (Å²) in [6, 6.07) is 62.2. The lowest BCUT2D eigenvalue weighted by atomic mass is 9.93. The molecule has 0 saturated heterocycles. The zero-order valence-electron chi connectivity index (χ0n) is 28.0. The second-order valence-corrected chi connectivity index (χ2v) is 15.0. The van der Waals surface area contributed by atoms with Gasteiger partial charge in [0.25, 0.3) is 0 Å². The second-order valence-electron chi connectivity index (χ2n) is 13.9. The van der Waals surface area contributed by atoms with Crippen molar-refractivity contribution in [3.8, 4) is 33.5 Å². The van der Waals surface area contributed by atoms with Crippen LogP contribution in [0.3, 0.4) is 0 Å². The number of pyridine rings is 1. The first-order valence-corrected chi connectivity index (χ1v) is 18.6. The van der Waals surface area contributed by atoms with Crippen LogP contribution in [0, 0.1) is 0 Å². The maximum Gasteiger partial charge on any atom is 0.0788 e. The molecule has 0 atom stereocenters. The van der Waals surface area contributed by atoms with Crippen LogP contribution in [0.2, 0.25) is 0 Å². The van der Waals surface area contributed by atoms with Crippen molar-refractivity contribution in [1.29, 1.82) is 0 Å². The van der Waals surface area contributed by atoms with E-state index in [4.69, 9.17) is 4.98 Å². The Morgan fingerprint density at radius 3 is 1.69 bits per heavy atom. The van der Waals surface area contributed by atoms with Gasteiger partial charge < -0.3 is 4.40 Å². The molecule has 0 saturated carbocycles. The summed E-state index contributed by atoms with van der Waals surface area (Å²) >= 11 is 1.87. The van der Waals surface area contributed by atoms with Crippen molar-refractivity contribution in [2.45, 2.75) is 0 Å². The summed E-state index contributed by atoms with van der Waals surface area (Å²) in [7, 11) is 0. The Hall–Kier alpha value is -6.55. The number of para-hydroxylation sites is 2. The van der Waals surface area contributed by atoms with Gasteiger partial charge in [0.15, 0.2) is 0 Å². The van der Waals surface area contributed by atoms with Crippen LogP contribution in [0.1, 0.15) is 0 Å². The van der Waals surface area contributed by atoms with E-state index in [0.717, 1.165) is 16.8 Å². The molecule has 0 N–H and O–H groups in total. The molecule has 12 rings (SSSR count). The third-order valence-electron chi connectivity index (χ3n) is 11.1. The fourth-order valence-corrected chi connectivity index (χ4v) is 9.89. The number of thiophene rings is 1. The Labute approximate surface area is 302 Å². The molecule has 4 aromatic heterocycles. The standard InChI is InChI=1S/C49H28N2S/c1-2-10-31(11-3-1)48-37-23-25-45-47(36-14-6-9-17-44(36)52-45)46(37)40-26-32(22-24-41(40)50-48)29-18-20-30(21-19-29)33-27-38-34-12-4-7-15-42(34)51-43-16-8-5-13-35(43)39(28-33)49(38)51/h1-28H. The number of nitrogens with zero attached hydrogens (tertiary/aromatic N) is 2. The van der Waals surface area contributed by atoms with Crippen molar-refractivity contribution >= 4 is 91.3 Å². The van der Waals surface area contributed by atoms with E-state index in [-0.39, 0.29) is 0 Å². The minimum absolute atomic E-state index is 1.01. The van der Waals surface area contributed by atoms with Crippen molar-refractivity contribution in [3.05, 3.63) is 170 Å². The lowest BCUT2D eigenvalue weighted by Gasteiger charge is -2.13. The summed E-state index contributed by atoms with van der Waals surface area (Å²) in [5.74, 6) is 0. The smallest absolute Gasteiger partial charge is 0.0788 e. The highest BCUT2D eigenvalue weighted by Gasteiger charge is 2.19. The Morgan fingerprint density at radius 2 is 0.962 bits per heavy atom. The van der Waals surface area contributed by atoms with Crippen LogP contribution in [-0.4, -0.2) is 9.38 Å². The zero-order valence-corrected chi connectivity index (χ0v) is 28.8. The number of hydrogen-bond donors (Lipinski definition) is 0. The summed E-state index contributed by atoms with van der Waals surface area (Å²) in [4.78, 5) is 5.31. The van der Waals surface area contributed by atoms with Crippen LogP contribution in [-0.2, 0) is 0 Å². The number of fused-ring (bicyclic) bond motifs is 13. The Balaban J connectivity index is 1.05. The number of rotatable bonds is 3. The van der Waals surface area contributed by atoms with E-state index in [1.807, 2.05) is 11.3 Å². The molecular weight excluding hydrogens is 649 g/mol. The predicted octanol–water partition coefficient (Wildman–Crippen LogP) is 13.9. The largest absolute Gasteiger partial charge is 0.308 e. The third kappa shape index (κ3) is 3.86. The Bertz CT molecular complexity index is 3300. The van der Waals surface area contributed by atoms with Crippen molar-refractivity contribution in [1.82, 2.24) is 9.38 Å². The van der Waals surface area contributed by atoms with Gasteiger partial charge in [-0.25, -0.2) is 4.98 Å². The van der Waals surface area contributed by atoms with E-state index < -0.39 is 0 Å². The summed E-state index contributed by atoms with van der Waals surface area (Å²) in [6.45, 7) is 0. The lowest BCUT2D eigenvalue weighted by molar-refractivity contribution is 1.37. The molecule has 3 heteroatoms. The van der Waals surface area contributed by atoms with Crippen molar-refractivity contribution in [2.75, 3.05) is 0 Å². The molecule has 240 valence electrons. The highest BCUT2D eigenvalue weighted by Crippen LogP contribution is 2.45. The fourth-order valence-electron chi connectivity index (χ4n) is 8.78. The SMILES string of the molecule is c1ccc(-c2nc3ccc(-c4ccc(-c5cc6c7ccccc7n7c8ccccc8c(c5)c67)cc4)cc3c3c2ccc2sc4ccccc4c23)cc1. The normalized spacial score (nSPS) is 12.2. The van der Waals surface area contributed by atoms with Crippen LogP contribution in [0.25, 0.3) is 113 Å². The monoisotopic (exact) mass is 676 g/mol. The molecule has 2 nitrogen and oxygen atoms in total. The highest BCUT2D eigenvalue weighted by molar-refractivity contribution is 7.26. The number of hydrogen-bond acceptors (Lipinski definition) is 2. The first-order chi connectivity index (χ1) is 25.8. The molecule has 0 aliphatic heterocycles. The summed E-state index contributed by atoms with van der Waals surface area (Å²) in [6.07, 6.45) is 0. The van der Waals surface area contributed by atoms with Crippen LogP contribution in [0.4, 0.5) is 0 Å². The summed E-state index contributed by atoms with van der Waals surface area (Å²) < 4.78 is 5.06. The molecule has 0 aliphatic carbocycles. The minimum Gasteiger partial charge on any atom is -0.308 e. The van der Waals surface area contributed by atoms with Crippen molar-refractivity contribution in [3.63, 3.8) is 0 Å². The molecule has 0 aliphatic rings. The average molecular weight is 677 g/mol. The highest BCUT2D eigenvalue weighted by atomic mass is 32.1. The Kier molecular flexibility index (Phi) is 5.68.